The van der Waals surface area contributed by atoms with Gasteiger partial charge in [-0.3, -0.25) is 0 Å². The Balaban J connectivity index is 1.82. The molecule has 2 aromatic carbocycles. The van der Waals surface area contributed by atoms with Gasteiger partial charge in [-0.25, -0.2) is 8.78 Å². The van der Waals surface area contributed by atoms with Crippen LogP contribution in [0.15, 0.2) is 40.9 Å². The highest BCUT2D eigenvalue weighted by Crippen LogP contribution is 2.52. The number of fused-ring (bicyclic) bond motifs is 3. The van der Waals surface area contributed by atoms with Crippen molar-refractivity contribution in [1.29, 1.82) is 0 Å². The molecule has 4 rings (SSSR count). The summed E-state index contributed by atoms with van der Waals surface area (Å²) in [4.78, 5) is 0. The van der Waals surface area contributed by atoms with Crippen molar-refractivity contribution in [2.45, 2.75) is 18.4 Å². The second-order valence-electron chi connectivity index (χ2n) is 6.57. The summed E-state index contributed by atoms with van der Waals surface area (Å²) >= 11 is 3.52. The van der Waals surface area contributed by atoms with Crippen LogP contribution in [0, 0.1) is 17.6 Å². The van der Waals surface area contributed by atoms with Crippen molar-refractivity contribution in [2.75, 3.05) is 19.5 Å². The Bertz CT molecular complexity index is 900. The molecule has 0 amide bonds. The molecule has 0 spiro atoms. The number of benzene rings is 2. The van der Waals surface area contributed by atoms with Crippen LogP contribution >= 0.6 is 15.9 Å². The minimum atomic E-state index is -0.566. The third-order valence-electron chi connectivity index (χ3n) is 5.20. The number of halogens is 3. The average molecular weight is 422 g/mol. The molecule has 2 aliphatic rings. The first-order valence-electron chi connectivity index (χ1n) is 8.37. The van der Waals surface area contributed by atoms with E-state index in [1.807, 2.05) is 18.2 Å². The van der Waals surface area contributed by atoms with Crippen molar-refractivity contribution in [3.05, 3.63) is 63.7 Å². The SMILES string of the molecule is COc1cc([C@H]2Nc3c(F)cc(F)cc3C3C=CCC32)cc(Br)c1OC. The lowest BCUT2D eigenvalue weighted by atomic mass is 9.77. The topological polar surface area (TPSA) is 30.5 Å². The fourth-order valence-electron chi connectivity index (χ4n) is 4.07. The fraction of sp³-hybridized carbons (Fsp3) is 0.300. The zero-order valence-corrected chi connectivity index (χ0v) is 15.9. The number of rotatable bonds is 3. The molecule has 0 radical (unpaired) electrons. The average Bonchev–Trinajstić information content (AvgIpc) is 3.10. The minimum Gasteiger partial charge on any atom is -0.493 e. The van der Waals surface area contributed by atoms with Gasteiger partial charge in [0.2, 0.25) is 0 Å². The number of nitrogens with one attached hydrogen (secondary N) is 1. The van der Waals surface area contributed by atoms with Crippen molar-refractivity contribution in [3.63, 3.8) is 0 Å². The maximum absolute atomic E-state index is 14.4. The van der Waals surface area contributed by atoms with E-state index in [1.54, 1.807) is 14.2 Å². The minimum absolute atomic E-state index is 0.0201. The summed E-state index contributed by atoms with van der Waals surface area (Å²) in [6.07, 6.45) is 4.97. The molecular weight excluding hydrogens is 404 g/mol. The number of hydrogen-bond donors (Lipinski definition) is 1. The van der Waals surface area contributed by atoms with Crippen LogP contribution < -0.4 is 14.8 Å². The van der Waals surface area contributed by atoms with Crippen LogP contribution in [0.4, 0.5) is 14.5 Å². The number of ether oxygens (including phenoxy) is 2. The van der Waals surface area contributed by atoms with Crippen LogP contribution in [0.3, 0.4) is 0 Å². The third-order valence-corrected chi connectivity index (χ3v) is 5.79. The number of anilines is 1. The van der Waals surface area contributed by atoms with Gasteiger partial charge in [0, 0.05) is 12.0 Å². The molecule has 0 fully saturated rings. The molecule has 0 aromatic heterocycles. The maximum Gasteiger partial charge on any atom is 0.174 e. The number of methoxy groups -OCH3 is 2. The zero-order chi connectivity index (χ0) is 18.4. The second-order valence-corrected chi connectivity index (χ2v) is 7.42. The van der Waals surface area contributed by atoms with E-state index in [2.05, 4.69) is 27.3 Å². The smallest absolute Gasteiger partial charge is 0.174 e. The largest absolute Gasteiger partial charge is 0.493 e. The lowest BCUT2D eigenvalue weighted by Crippen LogP contribution is -2.30. The summed E-state index contributed by atoms with van der Waals surface area (Å²) in [6.45, 7) is 0. The van der Waals surface area contributed by atoms with E-state index >= 15 is 0 Å². The molecule has 0 bridgehead atoms. The van der Waals surface area contributed by atoms with Gasteiger partial charge in [-0.15, -0.1) is 0 Å². The molecule has 3 atom stereocenters. The van der Waals surface area contributed by atoms with E-state index < -0.39 is 11.6 Å². The summed E-state index contributed by atoms with van der Waals surface area (Å²) in [5.74, 6) is 0.257. The predicted octanol–water partition coefficient (Wildman–Crippen LogP) is 5.57. The monoisotopic (exact) mass is 421 g/mol. The van der Waals surface area contributed by atoms with Crippen molar-refractivity contribution in [2.24, 2.45) is 5.92 Å². The molecule has 1 aliphatic carbocycles. The van der Waals surface area contributed by atoms with Crippen LogP contribution in [0.1, 0.15) is 29.5 Å². The standard InChI is InChI=1S/C20H18BrF2NO2/c1-25-17-7-10(6-15(21)20(17)26-2)18-13-5-3-4-12(13)14-8-11(22)9-16(23)19(14)24-18/h3-4,6-9,12-13,18,24H,5H2,1-2H3/t12?,13?,18-/m1/s1. The quantitative estimate of drug-likeness (QED) is 0.656. The van der Waals surface area contributed by atoms with Crippen LogP contribution in [0.5, 0.6) is 11.5 Å². The summed E-state index contributed by atoms with van der Waals surface area (Å²) in [5.41, 5.74) is 2.01. The first kappa shape index (κ1) is 17.3. The van der Waals surface area contributed by atoms with E-state index in [1.165, 1.54) is 6.07 Å². The molecule has 2 unspecified atom stereocenters. The second kappa shape index (κ2) is 6.58. The molecule has 0 saturated carbocycles. The first-order chi connectivity index (χ1) is 12.5. The van der Waals surface area contributed by atoms with Crippen molar-refractivity contribution in [1.82, 2.24) is 0 Å². The Hall–Kier alpha value is -2.08. The van der Waals surface area contributed by atoms with Gasteiger partial charge in [0.1, 0.15) is 11.6 Å². The molecule has 2 aromatic rings. The predicted molar refractivity (Wildman–Crippen MR) is 100.0 cm³/mol. The molecular formula is C20H18BrF2NO2. The Morgan fingerprint density at radius 3 is 2.65 bits per heavy atom. The van der Waals surface area contributed by atoms with Crippen LogP contribution in [0.25, 0.3) is 0 Å². The van der Waals surface area contributed by atoms with E-state index in [4.69, 9.17) is 9.47 Å². The molecule has 1 heterocycles. The van der Waals surface area contributed by atoms with Crippen LogP contribution in [-0.4, -0.2) is 14.2 Å². The van der Waals surface area contributed by atoms with Crippen LogP contribution in [0.2, 0.25) is 0 Å². The molecule has 0 saturated heterocycles. The number of allylic oxidation sites excluding steroid dienone is 2. The Labute approximate surface area is 159 Å². The molecule has 1 aliphatic heterocycles. The van der Waals surface area contributed by atoms with Crippen molar-refractivity contribution >= 4 is 21.6 Å². The van der Waals surface area contributed by atoms with Gasteiger partial charge in [-0.05, 0) is 57.6 Å². The van der Waals surface area contributed by atoms with Crippen molar-refractivity contribution in [3.8, 4) is 11.5 Å². The highest BCUT2D eigenvalue weighted by Gasteiger charge is 2.39. The molecule has 136 valence electrons. The highest BCUT2D eigenvalue weighted by molar-refractivity contribution is 9.10. The lowest BCUT2D eigenvalue weighted by molar-refractivity contribution is 0.350. The van der Waals surface area contributed by atoms with Gasteiger partial charge in [-0.2, -0.15) is 0 Å². The summed E-state index contributed by atoms with van der Waals surface area (Å²) in [7, 11) is 3.16. The zero-order valence-electron chi connectivity index (χ0n) is 14.4. The van der Waals surface area contributed by atoms with Crippen LogP contribution in [-0.2, 0) is 0 Å². The first-order valence-corrected chi connectivity index (χ1v) is 9.16. The number of hydrogen-bond acceptors (Lipinski definition) is 3. The highest BCUT2D eigenvalue weighted by atomic mass is 79.9. The Morgan fingerprint density at radius 2 is 1.92 bits per heavy atom. The normalized spacial score (nSPS) is 23.2. The summed E-state index contributed by atoms with van der Waals surface area (Å²) < 4.78 is 39.8. The van der Waals surface area contributed by atoms with Gasteiger partial charge in [-0.1, -0.05) is 12.2 Å². The van der Waals surface area contributed by atoms with Gasteiger partial charge in [0.05, 0.1) is 30.4 Å². The van der Waals surface area contributed by atoms with E-state index in [-0.39, 0.29) is 17.9 Å². The van der Waals surface area contributed by atoms with E-state index in [9.17, 15) is 8.78 Å². The maximum atomic E-state index is 14.4. The van der Waals surface area contributed by atoms with Crippen molar-refractivity contribution < 1.29 is 18.3 Å². The summed E-state index contributed by atoms with van der Waals surface area (Å²) in [6, 6.07) is 6.09. The van der Waals surface area contributed by atoms with Gasteiger partial charge >= 0.3 is 0 Å². The summed E-state index contributed by atoms with van der Waals surface area (Å²) in [5, 5.41) is 3.30. The van der Waals surface area contributed by atoms with E-state index in [0.717, 1.165) is 22.5 Å². The molecule has 26 heavy (non-hydrogen) atoms. The lowest BCUT2D eigenvalue weighted by Gasteiger charge is -2.38. The molecule has 6 heteroatoms. The van der Waals surface area contributed by atoms with Gasteiger partial charge < -0.3 is 14.8 Å². The van der Waals surface area contributed by atoms with Gasteiger partial charge in [0.25, 0.3) is 0 Å². The van der Waals surface area contributed by atoms with E-state index in [0.29, 0.717) is 22.7 Å². The third kappa shape index (κ3) is 2.67. The fourth-order valence-corrected chi connectivity index (χ4v) is 4.69. The molecule has 1 N–H and O–H groups in total. The Morgan fingerprint density at radius 1 is 1.12 bits per heavy atom. The molecule has 3 nitrogen and oxygen atoms in total. The van der Waals surface area contributed by atoms with Gasteiger partial charge in [0.15, 0.2) is 11.5 Å². The Kier molecular flexibility index (Phi) is 4.39.